The zero-order valence-electron chi connectivity index (χ0n) is 10.8. The summed E-state index contributed by atoms with van der Waals surface area (Å²) in [5.74, 6) is -1.67. The van der Waals surface area contributed by atoms with Crippen molar-refractivity contribution in [3.63, 3.8) is 0 Å². The van der Waals surface area contributed by atoms with E-state index in [0.717, 1.165) is 3.57 Å². The van der Waals surface area contributed by atoms with Gasteiger partial charge in [0.2, 0.25) is 0 Å². The van der Waals surface area contributed by atoms with Crippen molar-refractivity contribution in [3.8, 4) is 5.75 Å². The minimum atomic E-state index is -1.07. The molecule has 5 nitrogen and oxygen atoms in total. The van der Waals surface area contributed by atoms with E-state index in [1.54, 1.807) is 19.1 Å². The van der Waals surface area contributed by atoms with Crippen molar-refractivity contribution in [2.45, 2.75) is 26.3 Å². The highest BCUT2D eigenvalue weighted by molar-refractivity contribution is 14.1. The van der Waals surface area contributed by atoms with Gasteiger partial charge in [-0.15, -0.1) is 0 Å². The fourth-order valence-electron chi connectivity index (χ4n) is 1.63. The van der Waals surface area contributed by atoms with Crippen molar-refractivity contribution in [2.24, 2.45) is 0 Å². The number of rotatable bonds is 5. The molecule has 1 atom stereocenters. The van der Waals surface area contributed by atoms with Crippen LogP contribution in [0.5, 0.6) is 5.75 Å². The van der Waals surface area contributed by atoms with Crippen LogP contribution in [0.4, 0.5) is 0 Å². The van der Waals surface area contributed by atoms with Crippen molar-refractivity contribution < 1.29 is 19.8 Å². The molecule has 0 aliphatic carbocycles. The molecule has 6 heteroatoms. The summed E-state index contributed by atoms with van der Waals surface area (Å²) in [4.78, 5) is 24.5. The zero-order chi connectivity index (χ0) is 14.6. The summed E-state index contributed by atoms with van der Waals surface area (Å²) in [6.45, 7) is 3.28. The molecule has 0 fully saturated rings. The maximum Gasteiger partial charge on any atom is 0.323 e. The topological polar surface area (TPSA) is 77.8 Å². The van der Waals surface area contributed by atoms with E-state index in [1.165, 1.54) is 11.0 Å². The van der Waals surface area contributed by atoms with Crippen molar-refractivity contribution in [3.05, 3.63) is 27.3 Å². The minimum Gasteiger partial charge on any atom is -0.507 e. The van der Waals surface area contributed by atoms with Gasteiger partial charge in [-0.2, -0.15) is 0 Å². The summed E-state index contributed by atoms with van der Waals surface area (Å²) in [5, 5.41) is 18.6. The number of aromatic hydroxyl groups is 1. The number of amides is 1. The van der Waals surface area contributed by atoms with E-state index >= 15 is 0 Å². The number of nitrogens with zero attached hydrogens (tertiary/aromatic N) is 1. The average Bonchev–Trinajstić information content (AvgIpc) is 2.37. The van der Waals surface area contributed by atoms with Gasteiger partial charge in [0, 0.05) is 9.61 Å². The van der Waals surface area contributed by atoms with Gasteiger partial charge in [-0.3, -0.25) is 9.59 Å². The fourth-order valence-corrected chi connectivity index (χ4v) is 2.12. The van der Waals surface area contributed by atoms with Gasteiger partial charge in [-0.1, -0.05) is 6.92 Å². The number of hydrogen-bond donors (Lipinski definition) is 2. The number of aliphatic carboxylic acids is 1. The van der Waals surface area contributed by atoms with Gasteiger partial charge in [-0.05, 0) is 54.1 Å². The smallest absolute Gasteiger partial charge is 0.323 e. The lowest BCUT2D eigenvalue weighted by Gasteiger charge is -2.27. The highest BCUT2D eigenvalue weighted by Crippen LogP contribution is 2.22. The van der Waals surface area contributed by atoms with Crippen LogP contribution < -0.4 is 0 Å². The van der Waals surface area contributed by atoms with Crippen LogP contribution in [0.15, 0.2) is 18.2 Å². The predicted molar refractivity (Wildman–Crippen MR) is 79.2 cm³/mol. The molecule has 1 unspecified atom stereocenters. The molecule has 1 rings (SSSR count). The van der Waals surface area contributed by atoms with E-state index in [4.69, 9.17) is 5.11 Å². The van der Waals surface area contributed by atoms with Gasteiger partial charge in [0.1, 0.15) is 12.3 Å². The van der Waals surface area contributed by atoms with Crippen LogP contribution in [-0.4, -0.2) is 39.6 Å². The summed E-state index contributed by atoms with van der Waals surface area (Å²) in [6, 6.07) is 4.46. The second kappa shape index (κ2) is 6.74. The number of carbonyl (C=O) groups is 2. The van der Waals surface area contributed by atoms with Crippen molar-refractivity contribution in [1.82, 2.24) is 4.90 Å². The first-order chi connectivity index (χ1) is 8.86. The van der Waals surface area contributed by atoms with Gasteiger partial charge in [0.15, 0.2) is 0 Å². The third-order valence-corrected chi connectivity index (χ3v) is 3.55. The molecular weight excluding hydrogens is 361 g/mol. The second-order valence-corrected chi connectivity index (χ2v) is 5.49. The average molecular weight is 377 g/mol. The molecule has 1 aromatic carbocycles. The Kier molecular flexibility index (Phi) is 5.59. The van der Waals surface area contributed by atoms with Crippen molar-refractivity contribution >= 4 is 34.5 Å². The minimum absolute atomic E-state index is 0.133. The lowest BCUT2D eigenvalue weighted by atomic mass is 10.1. The summed E-state index contributed by atoms with van der Waals surface area (Å²) in [6.07, 6.45) is 0.643. The third kappa shape index (κ3) is 4.09. The number of halogens is 1. The molecule has 0 aromatic heterocycles. The zero-order valence-corrected chi connectivity index (χ0v) is 12.9. The van der Waals surface area contributed by atoms with Gasteiger partial charge < -0.3 is 15.1 Å². The van der Waals surface area contributed by atoms with Crippen LogP contribution in [0.2, 0.25) is 0 Å². The van der Waals surface area contributed by atoms with Gasteiger partial charge in [-0.25, -0.2) is 0 Å². The lowest BCUT2D eigenvalue weighted by molar-refractivity contribution is -0.138. The molecule has 0 saturated carbocycles. The Morgan fingerprint density at radius 3 is 2.58 bits per heavy atom. The third-order valence-electron chi connectivity index (χ3n) is 2.88. The summed E-state index contributed by atoms with van der Waals surface area (Å²) in [5.41, 5.74) is 0.133. The first kappa shape index (κ1) is 15.7. The monoisotopic (exact) mass is 377 g/mol. The Bertz CT molecular complexity index is 490. The van der Waals surface area contributed by atoms with Crippen LogP contribution in [0, 0.1) is 3.57 Å². The van der Waals surface area contributed by atoms with E-state index < -0.39 is 11.9 Å². The van der Waals surface area contributed by atoms with Crippen LogP contribution >= 0.6 is 22.6 Å². The van der Waals surface area contributed by atoms with Crippen LogP contribution in [0.1, 0.15) is 30.6 Å². The van der Waals surface area contributed by atoms with Crippen molar-refractivity contribution in [1.29, 1.82) is 0 Å². The van der Waals surface area contributed by atoms with E-state index in [-0.39, 0.29) is 23.9 Å². The number of carboxylic acids is 1. The van der Waals surface area contributed by atoms with E-state index in [0.29, 0.717) is 6.42 Å². The Morgan fingerprint density at radius 2 is 2.05 bits per heavy atom. The Morgan fingerprint density at radius 1 is 1.42 bits per heavy atom. The molecule has 2 N–H and O–H groups in total. The summed E-state index contributed by atoms with van der Waals surface area (Å²) >= 11 is 2.03. The van der Waals surface area contributed by atoms with E-state index in [1.807, 2.05) is 29.5 Å². The van der Waals surface area contributed by atoms with Gasteiger partial charge >= 0.3 is 5.97 Å². The maximum atomic E-state index is 12.4. The molecule has 0 saturated heterocycles. The summed E-state index contributed by atoms with van der Waals surface area (Å²) < 4.78 is 0.804. The molecule has 0 aliphatic heterocycles. The Hall–Kier alpha value is -1.31. The number of hydrogen-bond acceptors (Lipinski definition) is 3. The summed E-state index contributed by atoms with van der Waals surface area (Å²) in [7, 11) is 0. The Balaban J connectivity index is 3.11. The van der Waals surface area contributed by atoms with Crippen molar-refractivity contribution in [2.75, 3.05) is 6.54 Å². The maximum absolute atomic E-state index is 12.4. The lowest BCUT2D eigenvalue weighted by Crippen LogP contribution is -2.41. The Labute approximate surface area is 125 Å². The number of phenols is 1. The SMILES string of the molecule is CCC(C)N(CC(=O)O)C(=O)c1cc(I)ccc1O. The van der Waals surface area contributed by atoms with Crippen LogP contribution in [-0.2, 0) is 4.79 Å². The molecule has 0 spiro atoms. The molecule has 0 radical (unpaired) electrons. The first-order valence-electron chi connectivity index (χ1n) is 5.88. The molecule has 19 heavy (non-hydrogen) atoms. The predicted octanol–water partition coefficient (Wildman–Crippen LogP) is 2.32. The van der Waals surface area contributed by atoms with Crippen LogP contribution in [0.3, 0.4) is 0 Å². The number of phenolic OH excluding ortho intramolecular Hbond substituents is 1. The van der Waals surface area contributed by atoms with Gasteiger partial charge in [0.05, 0.1) is 5.56 Å². The second-order valence-electron chi connectivity index (χ2n) is 4.25. The quantitative estimate of drug-likeness (QED) is 0.773. The number of carboxylic acid groups (broad SMARTS) is 1. The highest BCUT2D eigenvalue weighted by Gasteiger charge is 2.25. The standard InChI is InChI=1S/C13H16INO4/c1-3-8(2)15(7-12(17)18)13(19)10-6-9(14)4-5-11(10)16/h4-6,8,16H,3,7H2,1-2H3,(H,17,18). The first-order valence-corrected chi connectivity index (χ1v) is 6.96. The molecule has 0 aliphatic rings. The molecule has 0 heterocycles. The van der Waals surface area contributed by atoms with E-state index in [2.05, 4.69) is 0 Å². The number of benzene rings is 1. The highest BCUT2D eigenvalue weighted by atomic mass is 127. The molecule has 1 aromatic rings. The van der Waals surface area contributed by atoms with Gasteiger partial charge in [0.25, 0.3) is 5.91 Å². The number of carbonyl (C=O) groups excluding carboxylic acids is 1. The molecule has 104 valence electrons. The molecule has 0 bridgehead atoms. The molecule has 1 amide bonds. The fraction of sp³-hybridized carbons (Fsp3) is 0.385. The molecular formula is C13H16INO4. The van der Waals surface area contributed by atoms with Crippen LogP contribution in [0.25, 0.3) is 0 Å². The van der Waals surface area contributed by atoms with E-state index in [9.17, 15) is 14.7 Å². The normalized spacial score (nSPS) is 11.9. The largest absolute Gasteiger partial charge is 0.507 e.